The predicted molar refractivity (Wildman–Crippen MR) is 77.7 cm³/mol. The van der Waals surface area contributed by atoms with Gasteiger partial charge in [0.05, 0.1) is 6.54 Å². The third-order valence-corrected chi connectivity index (χ3v) is 2.49. The number of nitrogens with one attached hydrogen (secondary N) is 2. The second-order valence-corrected chi connectivity index (χ2v) is 4.05. The van der Waals surface area contributed by atoms with E-state index in [1.54, 1.807) is 0 Å². The van der Waals surface area contributed by atoms with Gasteiger partial charge in [-0.05, 0) is 25.8 Å². The highest BCUT2D eigenvalue weighted by Gasteiger charge is 1.95. The number of guanidine groups is 1. The van der Waals surface area contributed by atoms with E-state index in [-0.39, 0.29) is 0 Å². The molecule has 0 amide bonds. The minimum absolute atomic E-state index is 0.496. The first-order chi connectivity index (χ1) is 8.76. The first-order valence-electron chi connectivity index (χ1n) is 6.27. The fourth-order valence-corrected chi connectivity index (χ4v) is 1.53. The molecule has 0 spiro atoms. The second-order valence-electron chi connectivity index (χ2n) is 4.05. The summed E-state index contributed by atoms with van der Waals surface area (Å²) in [7, 11) is 0. The molecule has 96 valence electrons. The van der Waals surface area contributed by atoms with E-state index in [1.165, 1.54) is 11.1 Å². The molecule has 0 saturated heterocycles. The molecule has 0 unspecified atom stereocenters. The molecular weight excluding hydrogens is 222 g/mol. The molecule has 0 aliphatic carbocycles. The number of aliphatic imine (C=N–C) groups is 1. The fraction of sp³-hybridized carbons (Fsp3) is 0.400. The van der Waals surface area contributed by atoms with Crippen LogP contribution in [0.4, 0.5) is 0 Å². The Morgan fingerprint density at radius 1 is 1.28 bits per heavy atom. The SMILES string of the molecule is C#CCNC(=NCCc1ccc(C)cc1)NCC. The van der Waals surface area contributed by atoms with Gasteiger partial charge in [0.25, 0.3) is 0 Å². The lowest BCUT2D eigenvalue weighted by Gasteiger charge is -2.08. The smallest absolute Gasteiger partial charge is 0.192 e. The maximum absolute atomic E-state index is 5.21. The van der Waals surface area contributed by atoms with Crippen molar-refractivity contribution in [3.63, 3.8) is 0 Å². The summed E-state index contributed by atoms with van der Waals surface area (Å²) in [4.78, 5) is 4.47. The van der Waals surface area contributed by atoms with Gasteiger partial charge in [0.1, 0.15) is 0 Å². The van der Waals surface area contributed by atoms with Crippen molar-refractivity contribution < 1.29 is 0 Å². The Labute approximate surface area is 110 Å². The molecule has 0 aromatic heterocycles. The summed E-state index contributed by atoms with van der Waals surface area (Å²) < 4.78 is 0. The first kappa shape index (κ1) is 14.1. The Kier molecular flexibility index (Phi) is 6.42. The van der Waals surface area contributed by atoms with Crippen LogP contribution in [-0.2, 0) is 6.42 Å². The van der Waals surface area contributed by atoms with Crippen molar-refractivity contribution in [2.45, 2.75) is 20.3 Å². The van der Waals surface area contributed by atoms with Crippen LogP contribution in [-0.4, -0.2) is 25.6 Å². The zero-order valence-electron chi connectivity index (χ0n) is 11.2. The molecule has 0 aliphatic heterocycles. The Morgan fingerprint density at radius 2 is 2.00 bits per heavy atom. The van der Waals surface area contributed by atoms with E-state index in [0.717, 1.165) is 25.5 Å². The normalized spacial score (nSPS) is 10.8. The lowest BCUT2D eigenvalue weighted by atomic mass is 10.1. The number of benzene rings is 1. The Bertz CT molecular complexity index is 412. The fourth-order valence-electron chi connectivity index (χ4n) is 1.53. The van der Waals surface area contributed by atoms with Crippen molar-refractivity contribution in [1.29, 1.82) is 0 Å². The average Bonchev–Trinajstić information content (AvgIpc) is 2.38. The van der Waals surface area contributed by atoms with Gasteiger partial charge in [-0.1, -0.05) is 35.7 Å². The van der Waals surface area contributed by atoms with Crippen LogP contribution in [0, 0.1) is 19.3 Å². The Balaban J connectivity index is 2.45. The van der Waals surface area contributed by atoms with Crippen molar-refractivity contribution in [1.82, 2.24) is 10.6 Å². The average molecular weight is 243 g/mol. The highest BCUT2D eigenvalue weighted by molar-refractivity contribution is 5.79. The number of hydrogen-bond donors (Lipinski definition) is 2. The van der Waals surface area contributed by atoms with Gasteiger partial charge in [-0.2, -0.15) is 0 Å². The summed E-state index contributed by atoms with van der Waals surface area (Å²) >= 11 is 0. The van der Waals surface area contributed by atoms with Gasteiger partial charge in [0.2, 0.25) is 0 Å². The Morgan fingerprint density at radius 3 is 2.61 bits per heavy atom. The van der Waals surface area contributed by atoms with E-state index in [9.17, 15) is 0 Å². The van der Waals surface area contributed by atoms with Gasteiger partial charge >= 0.3 is 0 Å². The summed E-state index contributed by atoms with van der Waals surface area (Å²) in [5, 5.41) is 6.22. The van der Waals surface area contributed by atoms with E-state index in [0.29, 0.717) is 6.54 Å². The van der Waals surface area contributed by atoms with Gasteiger partial charge in [-0.3, -0.25) is 4.99 Å². The standard InChI is InChI=1S/C15H21N3/c1-4-11-17-15(16-5-2)18-12-10-14-8-6-13(3)7-9-14/h1,6-9H,5,10-12H2,2-3H3,(H2,16,17,18). The molecular formula is C15H21N3. The van der Waals surface area contributed by atoms with E-state index < -0.39 is 0 Å². The van der Waals surface area contributed by atoms with Gasteiger partial charge in [-0.15, -0.1) is 6.42 Å². The van der Waals surface area contributed by atoms with E-state index in [4.69, 9.17) is 6.42 Å². The molecule has 1 aromatic carbocycles. The molecule has 3 nitrogen and oxygen atoms in total. The minimum Gasteiger partial charge on any atom is -0.357 e. The van der Waals surface area contributed by atoms with Crippen molar-refractivity contribution in [2.75, 3.05) is 19.6 Å². The van der Waals surface area contributed by atoms with Crippen LogP contribution in [0.2, 0.25) is 0 Å². The van der Waals surface area contributed by atoms with Crippen molar-refractivity contribution >= 4 is 5.96 Å². The molecule has 0 aliphatic rings. The maximum Gasteiger partial charge on any atom is 0.192 e. The van der Waals surface area contributed by atoms with E-state index >= 15 is 0 Å². The molecule has 0 atom stereocenters. The van der Waals surface area contributed by atoms with E-state index in [2.05, 4.69) is 52.7 Å². The first-order valence-corrected chi connectivity index (χ1v) is 6.27. The molecule has 1 aromatic rings. The summed E-state index contributed by atoms with van der Waals surface area (Å²) in [6.07, 6.45) is 6.15. The van der Waals surface area contributed by atoms with E-state index in [1.807, 2.05) is 6.92 Å². The molecule has 0 bridgehead atoms. The molecule has 0 radical (unpaired) electrons. The maximum atomic E-state index is 5.21. The second kappa shape index (κ2) is 8.19. The minimum atomic E-state index is 0.496. The van der Waals surface area contributed by atoms with Crippen LogP contribution in [0.15, 0.2) is 29.3 Å². The molecule has 3 heteroatoms. The third kappa shape index (κ3) is 5.40. The number of rotatable bonds is 5. The monoisotopic (exact) mass is 243 g/mol. The van der Waals surface area contributed by atoms with Crippen LogP contribution in [0.25, 0.3) is 0 Å². The topological polar surface area (TPSA) is 36.4 Å². The van der Waals surface area contributed by atoms with Gasteiger partial charge in [-0.25, -0.2) is 0 Å². The third-order valence-electron chi connectivity index (χ3n) is 2.49. The molecule has 0 fully saturated rings. The number of aryl methyl sites for hydroxylation is 1. The van der Waals surface area contributed by atoms with Gasteiger partial charge in [0.15, 0.2) is 5.96 Å². The Hall–Kier alpha value is -1.95. The lowest BCUT2D eigenvalue weighted by Crippen LogP contribution is -2.37. The number of terminal acetylenes is 1. The van der Waals surface area contributed by atoms with Crippen LogP contribution < -0.4 is 10.6 Å². The van der Waals surface area contributed by atoms with Crippen LogP contribution in [0.1, 0.15) is 18.1 Å². The van der Waals surface area contributed by atoms with Crippen molar-refractivity contribution in [3.05, 3.63) is 35.4 Å². The highest BCUT2D eigenvalue weighted by atomic mass is 15.2. The van der Waals surface area contributed by atoms with Gasteiger partial charge in [0, 0.05) is 13.1 Å². The van der Waals surface area contributed by atoms with Crippen molar-refractivity contribution in [2.24, 2.45) is 4.99 Å². The quantitative estimate of drug-likeness (QED) is 0.469. The zero-order valence-corrected chi connectivity index (χ0v) is 11.2. The number of hydrogen-bond acceptors (Lipinski definition) is 1. The van der Waals surface area contributed by atoms with Crippen LogP contribution in [0.3, 0.4) is 0 Å². The summed E-state index contributed by atoms with van der Waals surface area (Å²) in [6.45, 7) is 6.21. The zero-order chi connectivity index (χ0) is 13.2. The molecule has 18 heavy (non-hydrogen) atoms. The molecule has 1 rings (SSSR count). The largest absolute Gasteiger partial charge is 0.357 e. The van der Waals surface area contributed by atoms with Gasteiger partial charge < -0.3 is 10.6 Å². The summed E-state index contributed by atoms with van der Waals surface area (Å²) in [5.41, 5.74) is 2.59. The summed E-state index contributed by atoms with van der Waals surface area (Å²) in [5.74, 6) is 3.32. The number of nitrogens with zero attached hydrogens (tertiary/aromatic N) is 1. The van der Waals surface area contributed by atoms with Crippen molar-refractivity contribution in [3.8, 4) is 12.3 Å². The predicted octanol–water partition coefficient (Wildman–Crippen LogP) is 1.73. The highest BCUT2D eigenvalue weighted by Crippen LogP contribution is 2.03. The molecule has 0 heterocycles. The van der Waals surface area contributed by atoms with Crippen LogP contribution in [0.5, 0.6) is 0 Å². The van der Waals surface area contributed by atoms with Crippen LogP contribution >= 0.6 is 0 Å². The lowest BCUT2D eigenvalue weighted by molar-refractivity contribution is 0.855. The molecule has 0 saturated carbocycles. The molecule has 2 N–H and O–H groups in total. The summed E-state index contributed by atoms with van der Waals surface area (Å²) in [6, 6.07) is 8.54.